The van der Waals surface area contributed by atoms with Gasteiger partial charge in [0.1, 0.15) is 5.75 Å². The maximum atomic E-state index is 11.4. The van der Waals surface area contributed by atoms with Crippen molar-refractivity contribution in [3.8, 4) is 5.75 Å². The molecule has 0 aliphatic heterocycles. The van der Waals surface area contributed by atoms with Crippen molar-refractivity contribution in [2.45, 2.75) is 27.2 Å². The SMILES string of the molecule is CCc1ccc(OCC(=O)NOCC(C)C)cc1. The van der Waals surface area contributed by atoms with Crippen molar-refractivity contribution in [3.63, 3.8) is 0 Å². The van der Waals surface area contributed by atoms with Gasteiger partial charge in [0.2, 0.25) is 0 Å². The van der Waals surface area contributed by atoms with Gasteiger partial charge in [0.05, 0.1) is 6.61 Å². The summed E-state index contributed by atoms with van der Waals surface area (Å²) in [4.78, 5) is 16.4. The van der Waals surface area contributed by atoms with Crippen LogP contribution in [0.3, 0.4) is 0 Å². The van der Waals surface area contributed by atoms with E-state index in [4.69, 9.17) is 9.57 Å². The highest BCUT2D eigenvalue weighted by Crippen LogP contribution is 2.12. The fraction of sp³-hybridized carbons (Fsp3) is 0.500. The summed E-state index contributed by atoms with van der Waals surface area (Å²) in [5, 5.41) is 0. The topological polar surface area (TPSA) is 47.6 Å². The lowest BCUT2D eigenvalue weighted by molar-refractivity contribution is -0.136. The molecule has 0 saturated carbocycles. The lowest BCUT2D eigenvalue weighted by Gasteiger charge is -2.09. The number of hydroxylamine groups is 1. The van der Waals surface area contributed by atoms with E-state index < -0.39 is 0 Å². The zero-order chi connectivity index (χ0) is 13.4. The molecule has 0 radical (unpaired) electrons. The monoisotopic (exact) mass is 251 g/mol. The highest BCUT2D eigenvalue weighted by Gasteiger charge is 2.03. The molecule has 100 valence electrons. The van der Waals surface area contributed by atoms with Crippen LogP contribution in [0.4, 0.5) is 0 Å². The van der Waals surface area contributed by atoms with Gasteiger partial charge in [-0.2, -0.15) is 0 Å². The molecule has 18 heavy (non-hydrogen) atoms. The average Bonchev–Trinajstić information content (AvgIpc) is 2.36. The van der Waals surface area contributed by atoms with Crippen LogP contribution in [0.25, 0.3) is 0 Å². The van der Waals surface area contributed by atoms with Gasteiger partial charge in [-0.05, 0) is 30.0 Å². The van der Waals surface area contributed by atoms with E-state index in [1.165, 1.54) is 5.56 Å². The van der Waals surface area contributed by atoms with E-state index in [1.807, 2.05) is 38.1 Å². The van der Waals surface area contributed by atoms with Crippen molar-refractivity contribution in [3.05, 3.63) is 29.8 Å². The second-order valence-electron chi connectivity index (χ2n) is 4.52. The number of nitrogens with one attached hydrogen (secondary N) is 1. The number of amides is 1. The summed E-state index contributed by atoms with van der Waals surface area (Å²) in [5.74, 6) is 0.786. The van der Waals surface area contributed by atoms with Crippen molar-refractivity contribution >= 4 is 5.91 Å². The van der Waals surface area contributed by atoms with E-state index in [0.717, 1.165) is 6.42 Å². The molecule has 0 bridgehead atoms. The summed E-state index contributed by atoms with van der Waals surface area (Å²) >= 11 is 0. The van der Waals surface area contributed by atoms with Gasteiger partial charge < -0.3 is 4.74 Å². The fourth-order valence-corrected chi connectivity index (χ4v) is 1.29. The molecule has 0 fully saturated rings. The molecule has 1 aromatic carbocycles. The standard InChI is InChI=1S/C14H21NO3/c1-4-12-5-7-13(8-6-12)17-10-14(16)15-18-9-11(2)3/h5-8,11H,4,9-10H2,1-3H3,(H,15,16). The van der Waals surface area contributed by atoms with E-state index in [2.05, 4.69) is 12.4 Å². The first kappa shape index (κ1) is 14.5. The summed E-state index contributed by atoms with van der Waals surface area (Å²) in [5.41, 5.74) is 3.59. The Balaban J connectivity index is 2.24. The Morgan fingerprint density at radius 3 is 2.50 bits per heavy atom. The molecule has 4 heteroatoms. The van der Waals surface area contributed by atoms with E-state index in [1.54, 1.807) is 0 Å². The summed E-state index contributed by atoms with van der Waals surface area (Å²) < 4.78 is 5.33. The largest absolute Gasteiger partial charge is 0.484 e. The Kier molecular flexibility index (Phi) is 6.22. The molecule has 0 saturated heterocycles. The van der Waals surface area contributed by atoms with Crippen LogP contribution in [0.2, 0.25) is 0 Å². The van der Waals surface area contributed by atoms with Gasteiger partial charge in [0, 0.05) is 0 Å². The van der Waals surface area contributed by atoms with E-state index >= 15 is 0 Å². The van der Waals surface area contributed by atoms with Crippen molar-refractivity contribution in [2.75, 3.05) is 13.2 Å². The summed E-state index contributed by atoms with van der Waals surface area (Å²) in [7, 11) is 0. The summed E-state index contributed by atoms with van der Waals surface area (Å²) in [6.45, 7) is 6.58. The number of hydrogen-bond donors (Lipinski definition) is 1. The van der Waals surface area contributed by atoms with Gasteiger partial charge in [-0.15, -0.1) is 0 Å². The molecular formula is C14H21NO3. The smallest absolute Gasteiger partial charge is 0.281 e. The third kappa shape index (κ3) is 5.68. The van der Waals surface area contributed by atoms with Crippen LogP contribution >= 0.6 is 0 Å². The molecule has 0 aliphatic carbocycles. The first-order chi connectivity index (χ1) is 8.61. The molecule has 0 aromatic heterocycles. The molecule has 0 spiro atoms. The van der Waals surface area contributed by atoms with Crippen LogP contribution in [0.15, 0.2) is 24.3 Å². The third-order valence-electron chi connectivity index (χ3n) is 2.30. The Hall–Kier alpha value is -1.55. The molecule has 1 N–H and O–H groups in total. The third-order valence-corrected chi connectivity index (χ3v) is 2.30. The van der Waals surface area contributed by atoms with Crippen LogP contribution in [0, 0.1) is 5.92 Å². The quantitative estimate of drug-likeness (QED) is 0.757. The molecule has 0 heterocycles. The number of carbonyl (C=O) groups excluding carboxylic acids is 1. The predicted octanol–water partition coefficient (Wildman–Crippen LogP) is 2.33. The molecule has 0 aliphatic rings. The lowest BCUT2D eigenvalue weighted by atomic mass is 10.2. The Morgan fingerprint density at radius 2 is 1.94 bits per heavy atom. The maximum absolute atomic E-state index is 11.4. The van der Waals surface area contributed by atoms with Crippen molar-refractivity contribution in [1.82, 2.24) is 5.48 Å². The first-order valence-electron chi connectivity index (χ1n) is 6.24. The first-order valence-corrected chi connectivity index (χ1v) is 6.24. The van der Waals surface area contributed by atoms with Gasteiger partial charge in [0.25, 0.3) is 5.91 Å². The van der Waals surface area contributed by atoms with Crippen LogP contribution in [-0.2, 0) is 16.1 Å². The number of benzene rings is 1. The second kappa shape index (κ2) is 7.71. The average molecular weight is 251 g/mol. The number of aryl methyl sites for hydroxylation is 1. The molecular weight excluding hydrogens is 230 g/mol. The van der Waals surface area contributed by atoms with Gasteiger partial charge in [0.15, 0.2) is 6.61 Å². The number of hydrogen-bond acceptors (Lipinski definition) is 3. The van der Waals surface area contributed by atoms with Gasteiger partial charge in [-0.1, -0.05) is 32.9 Å². The van der Waals surface area contributed by atoms with Crippen LogP contribution < -0.4 is 10.2 Å². The number of carbonyl (C=O) groups is 1. The minimum atomic E-state index is -0.282. The van der Waals surface area contributed by atoms with E-state index in [9.17, 15) is 4.79 Å². The summed E-state index contributed by atoms with van der Waals surface area (Å²) in [6.07, 6.45) is 0.990. The molecule has 1 rings (SSSR count). The minimum absolute atomic E-state index is 0.0381. The fourth-order valence-electron chi connectivity index (χ4n) is 1.29. The van der Waals surface area contributed by atoms with Crippen molar-refractivity contribution in [1.29, 1.82) is 0 Å². The van der Waals surface area contributed by atoms with Crippen molar-refractivity contribution in [2.24, 2.45) is 5.92 Å². The minimum Gasteiger partial charge on any atom is -0.484 e. The van der Waals surface area contributed by atoms with Crippen LogP contribution in [0.1, 0.15) is 26.3 Å². The Bertz CT molecular complexity index is 360. The molecule has 4 nitrogen and oxygen atoms in total. The number of ether oxygens (including phenoxy) is 1. The van der Waals surface area contributed by atoms with Gasteiger partial charge in [-0.3, -0.25) is 9.63 Å². The van der Waals surface area contributed by atoms with Crippen molar-refractivity contribution < 1.29 is 14.4 Å². The number of rotatable bonds is 7. The van der Waals surface area contributed by atoms with Crippen LogP contribution in [0.5, 0.6) is 5.75 Å². The highest BCUT2D eigenvalue weighted by atomic mass is 16.7. The second-order valence-corrected chi connectivity index (χ2v) is 4.52. The zero-order valence-corrected chi connectivity index (χ0v) is 11.2. The Morgan fingerprint density at radius 1 is 1.28 bits per heavy atom. The van der Waals surface area contributed by atoms with Gasteiger partial charge in [-0.25, -0.2) is 5.48 Å². The van der Waals surface area contributed by atoms with Crippen LogP contribution in [-0.4, -0.2) is 19.1 Å². The highest BCUT2D eigenvalue weighted by molar-refractivity contribution is 5.76. The molecule has 1 aromatic rings. The maximum Gasteiger partial charge on any atom is 0.281 e. The zero-order valence-electron chi connectivity index (χ0n) is 11.2. The lowest BCUT2D eigenvalue weighted by Crippen LogP contribution is -2.30. The van der Waals surface area contributed by atoms with Gasteiger partial charge >= 0.3 is 0 Å². The molecule has 1 amide bonds. The Labute approximate surface area is 108 Å². The van der Waals surface area contributed by atoms with E-state index in [-0.39, 0.29) is 12.5 Å². The molecule has 0 unspecified atom stereocenters. The predicted molar refractivity (Wildman–Crippen MR) is 70.2 cm³/mol. The van der Waals surface area contributed by atoms with E-state index in [0.29, 0.717) is 18.3 Å². The normalized spacial score (nSPS) is 10.4. The summed E-state index contributed by atoms with van der Waals surface area (Å²) in [6, 6.07) is 7.70. The molecule has 0 atom stereocenters.